The van der Waals surface area contributed by atoms with E-state index in [1.165, 1.54) is 0 Å². The molecule has 32 heavy (non-hydrogen) atoms. The number of ketones is 1. The first-order valence-corrected chi connectivity index (χ1v) is 10.6. The normalized spacial score (nSPS) is 18.1. The molecule has 0 spiro atoms. The number of para-hydroxylation sites is 1. The lowest BCUT2D eigenvalue weighted by Crippen LogP contribution is -2.35. The van der Waals surface area contributed by atoms with Crippen molar-refractivity contribution in [3.05, 3.63) is 70.2 Å². The highest BCUT2D eigenvalue weighted by atomic mass is 16.5. The van der Waals surface area contributed by atoms with E-state index in [0.29, 0.717) is 40.6 Å². The number of rotatable bonds is 5. The number of aryl methyl sites for hydroxylation is 1. The number of nitrogens with zero attached hydrogens (tertiary/aromatic N) is 1. The first kappa shape index (κ1) is 21.6. The summed E-state index contributed by atoms with van der Waals surface area (Å²) in [5.41, 5.74) is 4.39. The smallest absolute Gasteiger partial charge is 0.255 e. The van der Waals surface area contributed by atoms with E-state index < -0.39 is 5.92 Å². The lowest BCUT2D eigenvalue weighted by Gasteiger charge is -2.35. The van der Waals surface area contributed by atoms with Gasteiger partial charge in [-0.25, -0.2) is 4.98 Å². The molecule has 1 aromatic heterocycles. The number of carbonyl (C=O) groups is 2. The van der Waals surface area contributed by atoms with Crippen LogP contribution in [-0.4, -0.2) is 30.9 Å². The molecule has 2 N–H and O–H groups in total. The number of Topliss-reactive ketones (excluding diaryl/α,β-unsaturated/α-hetero) is 1. The van der Waals surface area contributed by atoms with Crippen molar-refractivity contribution in [1.29, 1.82) is 0 Å². The van der Waals surface area contributed by atoms with Gasteiger partial charge in [-0.15, -0.1) is 0 Å². The van der Waals surface area contributed by atoms with E-state index in [1.807, 2.05) is 32.0 Å². The maximum Gasteiger partial charge on any atom is 0.255 e. The van der Waals surface area contributed by atoms with Gasteiger partial charge in [0, 0.05) is 40.7 Å². The fourth-order valence-electron chi connectivity index (χ4n) is 4.46. The first-order valence-electron chi connectivity index (χ1n) is 10.6. The van der Waals surface area contributed by atoms with Gasteiger partial charge in [-0.3, -0.25) is 9.59 Å². The predicted octanol–water partition coefficient (Wildman–Crippen LogP) is 4.01. The number of benzene rings is 1. The number of amides is 1. The molecule has 166 valence electrons. The van der Waals surface area contributed by atoms with Gasteiger partial charge in [-0.2, -0.15) is 0 Å². The number of anilines is 1. The fourth-order valence-corrected chi connectivity index (χ4v) is 4.46. The Labute approximate surface area is 187 Å². The van der Waals surface area contributed by atoms with Gasteiger partial charge in [-0.1, -0.05) is 18.2 Å². The van der Waals surface area contributed by atoms with Gasteiger partial charge in [0.05, 0.1) is 20.1 Å². The van der Waals surface area contributed by atoms with Gasteiger partial charge in [0.15, 0.2) is 17.3 Å². The van der Waals surface area contributed by atoms with Crippen LogP contribution in [0.2, 0.25) is 0 Å². The van der Waals surface area contributed by atoms with Crippen LogP contribution < -0.4 is 20.1 Å². The van der Waals surface area contributed by atoms with E-state index >= 15 is 0 Å². The highest BCUT2D eigenvalue weighted by Gasteiger charge is 2.40. The summed E-state index contributed by atoms with van der Waals surface area (Å²) in [5, 5.41) is 6.22. The number of pyridine rings is 1. The standard InChI is InChI=1S/C25H27N3O4/c1-14-11-12-20(26-13-14)28-25(30)21-15(2)27-17-8-6-9-18(29)23(17)22(21)16-7-5-10-19(31-3)24(16)32-4/h5,7,10-13,22,27H,6,8-9H2,1-4H3,(H,26,28,30)/t22-/m0/s1. The monoisotopic (exact) mass is 433 g/mol. The van der Waals surface area contributed by atoms with Crippen molar-refractivity contribution >= 4 is 17.5 Å². The summed E-state index contributed by atoms with van der Waals surface area (Å²) in [6.07, 6.45) is 3.70. The minimum Gasteiger partial charge on any atom is -0.493 e. The molecule has 1 atom stereocenters. The van der Waals surface area contributed by atoms with Gasteiger partial charge in [-0.05, 0) is 44.4 Å². The number of nitrogens with one attached hydrogen (secondary N) is 2. The molecule has 7 heteroatoms. The SMILES string of the molecule is COc1cccc([C@H]2C(C(=O)Nc3ccc(C)cn3)=C(C)NC3=C2C(=O)CCC3)c1OC. The van der Waals surface area contributed by atoms with Crippen LogP contribution in [0.5, 0.6) is 11.5 Å². The number of methoxy groups -OCH3 is 2. The quantitative estimate of drug-likeness (QED) is 0.741. The molecule has 2 heterocycles. The molecule has 7 nitrogen and oxygen atoms in total. The summed E-state index contributed by atoms with van der Waals surface area (Å²) in [6.45, 7) is 3.80. The zero-order valence-corrected chi connectivity index (χ0v) is 18.7. The Morgan fingerprint density at radius 1 is 1.12 bits per heavy atom. The van der Waals surface area contributed by atoms with Crippen molar-refractivity contribution in [1.82, 2.24) is 10.3 Å². The molecule has 0 unspecified atom stereocenters. The number of dihydropyridines is 1. The lowest BCUT2D eigenvalue weighted by molar-refractivity contribution is -0.116. The van der Waals surface area contributed by atoms with Crippen molar-refractivity contribution < 1.29 is 19.1 Å². The molecular weight excluding hydrogens is 406 g/mol. The van der Waals surface area contributed by atoms with E-state index in [-0.39, 0.29) is 11.7 Å². The molecule has 1 aliphatic carbocycles. The third-order valence-corrected chi connectivity index (χ3v) is 5.92. The third kappa shape index (κ3) is 3.86. The summed E-state index contributed by atoms with van der Waals surface area (Å²) in [4.78, 5) is 30.9. The largest absolute Gasteiger partial charge is 0.493 e. The third-order valence-electron chi connectivity index (χ3n) is 5.92. The van der Waals surface area contributed by atoms with Crippen LogP contribution >= 0.6 is 0 Å². The average Bonchev–Trinajstić information content (AvgIpc) is 2.79. The molecule has 4 rings (SSSR count). The Balaban J connectivity index is 1.85. The second-order valence-corrected chi connectivity index (χ2v) is 8.02. The van der Waals surface area contributed by atoms with Gasteiger partial charge in [0.25, 0.3) is 5.91 Å². The van der Waals surface area contributed by atoms with Crippen LogP contribution in [0.1, 0.15) is 43.2 Å². The zero-order chi connectivity index (χ0) is 22.8. The Bertz CT molecular complexity index is 1130. The Hall–Kier alpha value is -3.61. The number of hydrogen-bond donors (Lipinski definition) is 2. The van der Waals surface area contributed by atoms with E-state index in [2.05, 4.69) is 15.6 Å². The molecular formula is C25H27N3O4. The number of hydrogen-bond acceptors (Lipinski definition) is 6. The fraction of sp³-hybridized carbons (Fsp3) is 0.320. The number of aromatic nitrogens is 1. The van der Waals surface area contributed by atoms with E-state index in [4.69, 9.17) is 9.47 Å². The molecule has 2 aliphatic rings. The minimum atomic E-state index is -0.574. The van der Waals surface area contributed by atoms with E-state index in [1.54, 1.807) is 32.5 Å². The van der Waals surface area contributed by atoms with Crippen LogP contribution in [0.3, 0.4) is 0 Å². The van der Waals surface area contributed by atoms with Crippen molar-refractivity contribution in [2.75, 3.05) is 19.5 Å². The van der Waals surface area contributed by atoms with Crippen LogP contribution in [0, 0.1) is 6.92 Å². The summed E-state index contributed by atoms with van der Waals surface area (Å²) < 4.78 is 11.2. The van der Waals surface area contributed by atoms with Gasteiger partial charge in [0.2, 0.25) is 0 Å². The van der Waals surface area contributed by atoms with Crippen LogP contribution in [0.25, 0.3) is 0 Å². The topological polar surface area (TPSA) is 89.5 Å². The second kappa shape index (κ2) is 8.86. The van der Waals surface area contributed by atoms with E-state index in [9.17, 15) is 9.59 Å². The zero-order valence-electron chi connectivity index (χ0n) is 18.7. The van der Waals surface area contributed by atoms with Crippen LogP contribution in [0.4, 0.5) is 5.82 Å². The number of carbonyl (C=O) groups excluding carboxylic acids is 2. The molecule has 0 fully saturated rings. The molecule has 0 saturated carbocycles. The average molecular weight is 434 g/mol. The van der Waals surface area contributed by atoms with Crippen molar-refractivity contribution in [3.63, 3.8) is 0 Å². The molecule has 1 aliphatic heterocycles. The molecule has 0 radical (unpaired) electrons. The maximum atomic E-state index is 13.5. The predicted molar refractivity (Wildman–Crippen MR) is 122 cm³/mol. The first-order chi connectivity index (χ1) is 15.4. The molecule has 1 aromatic carbocycles. The Morgan fingerprint density at radius 2 is 1.94 bits per heavy atom. The number of ether oxygens (including phenoxy) is 2. The summed E-state index contributed by atoms with van der Waals surface area (Å²) >= 11 is 0. The van der Waals surface area contributed by atoms with Crippen molar-refractivity contribution in [2.24, 2.45) is 0 Å². The highest BCUT2D eigenvalue weighted by molar-refractivity contribution is 6.09. The minimum absolute atomic E-state index is 0.0416. The Morgan fingerprint density at radius 3 is 2.62 bits per heavy atom. The molecule has 0 saturated heterocycles. The van der Waals surface area contributed by atoms with Crippen LogP contribution in [-0.2, 0) is 9.59 Å². The highest BCUT2D eigenvalue weighted by Crippen LogP contribution is 2.47. The lowest BCUT2D eigenvalue weighted by atomic mass is 9.74. The van der Waals surface area contributed by atoms with Crippen molar-refractivity contribution in [2.45, 2.75) is 39.0 Å². The summed E-state index contributed by atoms with van der Waals surface area (Å²) in [7, 11) is 3.13. The van der Waals surface area contributed by atoms with E-state index in [0.717, 1.165) is 29.7 Å². The van der Waals surface area contributed by atoms with Gasteiger partial charge in [0.1, 0.15) is 5.82 Å². The molecule has 1 amide bonds. The summed E-state index contributed by atoms with van der Waals surface area (Å²) in [6, 6.07) is 9.18. The molecule has 2 aromatic rings. The Kier molecular flexibility index (Phi) is 5.99. The maximum absolute atomic E-state index is 13.5. The second-order valence-electron chi connectivity index (χ2n) is 8.02. The molecule has 0 bridgehead atoms. The number of allylic oxidation sites excluding steroid dienone is 3. The van der Waals surface area contributed by atoms with Crippen molar-refractivity contribution in [3.8, 4) is 11.5 Å². The summed E-state index contributed by atoms with van der Waals surface area (Å²) in [5.74, 6) is 0.665. The van der Waals surface area contributed by atoms with Gasteiger partial charge < -0.3 is 20.1 Å². The van der Waals surface area contributed by atoms with Crippen LogP contribution in [0.15, 0.2) is 59.1 Å². The van der Waals surface area contributed by atoms with Gasteiger partial charge >= 0.3 is 0 Å².